The van der Waals surface area contributed by atoms with Crippen molar-refractivity contribution in [3.63, 3.8) is 0 Å². The van der Waals surface area contributed by atoms with E-state index in [0.29, 0.717) is 0 Å². The largest absolute Gasteiger partial charge is 1.00 e. The summed E-state index contributed by atoms with van der Waals surface area (Å²) in [6.07, 6.45) is -2.30. The molecule has 0 radical (unpaired) electrons. The van der Waals surface area contributed by atoms with E-state index < -0.39 is 18.0 Å². The molecule has 0 aromatic carbocycles. The Morgan fingerprint density at radius 1 is 1.10 bits per heavy atom. The number of hydrogen-bond acceptors (Lipinski definition) is 3. The standard InChI is InChI=1S/C3H4O5.2K.2H/c4-1(2(5)6)3(7)8;;;;/h1,4H,(H,5,6)(H,7,8);;;;/q;2*+1;2*-1. The van der Waals surface area contributed by atoms with E-state index >= 15 is 0 Å². The molecule has 0 saturated heterocycles. The Morgan fingerprint density at radius 2 is 1.30 bits per heavy atom. The topological polar surface area (TPSA) is 94.8 Å². The third-order valence-electron chi connectivity index (χ3n) is 0.468. The van der Waals surface area contributed by atoms with Gasteiger partial charge in [0.1, 0.15) is 0 Å². The normalized spacial score (nSPS) is 7.40. The summed E-state index contributed by atoms with van der Waals surface area (Å²) in [6, 6.07) is 0. The summed E-state index contributed by atoms with van der Waals surface area (Å²) in [4.78, 5) is 19.0. The molecule has 0 bridgehead atoms. The molecule has 0 aliphatic carbocycles. The zero-order chi connectivity index (χ0) is 6.73. The Morgan fingerprint density at radius 3 is 1.30 bits per heavy atom. The maximum absolute atomic E-state index is 9.51. The van der Waals surface area contributed by atoms with Gasteiger partial charge in [-0.25, -0.2) is 9.59 Å². The van der Waals surface area contributed by atoms with Crippen molar-refractivity contribution in [3.05, 3.63) is 0 Å². The summed E-state index contributed by atoms with van der Waals surface area (Å²) in [6.45, 7) is 0. The molecular weight excluding hydrogens is 194 g/mol. The molecule has 0 aromatic rings. The van der Waals surface area contributed by atoms with E-state index in [9.17, 15) is 9.59 Å². The van der Waals surface area contributed by atoms with Gasteiger partial charge in [0.15, 0.2) is 0 Å². The van der Waals surface area contributed by atoms with E-state index in [1.54, 1.807) is 0 Å². The third-order valence-corrected chi connectivity index (χ3v) is 0.468. The maximum atomic E-state index is 9.51. The zero-order valence-electron chi connectivity index (χ0n) is 7.74. The Labute approximate surface area is 145 Å². The summed E-state index contributed by atoms with van der Waals surface area (Å²) in [5.74, 6) is -3.50. The quantitative estimate of drug-likeness (QED) is 0.304. The van der Waals surface area contributed by atoms with E-state index in [0.717, 1.165) is 0 Å². The van der Waals surface area contributed by atoms with E-state index in [2.05, 4.69) is 0 Å². The van der Waals surface area contributed by atoms with Gasteiger partial charge in [-0.05, 0) is 0 Å². The van der Waals surface area contributed by atoms with Crippen molar-refractivity contribution in [1.82, 2.24) is 0 Å². The molecular formula is C3H6K2O5. The van der Waals surface area contributed by atoms with Gasteiger partial charge in [0.05, 0.1) is 0 Å². The first kappa shape index (κ1) is 18.1. The molecule has 0 rings (SSSR count). The van der Waals surface area contributed by atoms with Crippen molar-refractivity contribution < 1.29 is 131 Å². The van der Waals surface area contributed by atoms with E-state index in [-0.39, 0.29) is 106 Å². The summed E-state index contributed by atoms with van der Waals surface area (Å²) >= 11 is 0. The molecule has 10 heavy (non-hydrogen) atoms. The minimum Gasteiger partial charge on any atom is -1.00 e. The summed E-state index contributed by atoms with van der Waals surface area (Å²) in [5, 5.41) is 23.4. The van der Waals surface area contributed by atoms with Gasteiger partial charge in [-0.15, -0.1) is 0 Å². The molecule has 0 unspecified atom stereocenters. The van der Waals surface area contributed by atoms with Crippen molar-refractivity contribution in [3.8, 4) is 0 Å². The van der Waals surface area contributed by atoms with Crippen molar-refractivity contribution in [2.24, 2.45) is 0 Å². The Balaban J connectivity index is -0.0000000408. The predicted molar refractivity (Wildman–Crippen MR) is 23.5 cm³/mol. The van der Waals surface area contributed by atoms with Crippen molar-refractivity contribution >= 4 is 11.9 Å². The molecule has 0 spiro atoms. The van der Waals surface area contributed by atoms with Crippen LogP contribution in [0.1, 0.15) is 2.85 Å². The maximum Gasteiger partial charge on any atom is 1.00 e. The van der Waals surface area contributed by atoms with Gasteiger partial charge in [-0.3, -0.25) is 0 Å². The van der Waals surface area contributed by atoms with Crippen LogP contribution in [0.4, 0.5) is 0 Å². The second-order valence-corrected chi connectivity index (χ2v) is 1.08. The van der Waals surface area contributed by atoms with Gasteiger partial charge in [-0.1, -0.05) is 0 Å². The molecule has 50 valence electrons. The van der Waals surface area contributed by atoms with Gasteiger partial charge in [0.25, 0.3) is 0 Å². The van der Waals surface area contributed by atoms with Gasteiger partial charge >= 0.3 is 115 Å². The van der Waals surface area contributed by atoms with Crippen molar-refractivity contribution in [2.75, 3.05) is 0 Å². The number of carbonyl (C=O) groups is 2. The number of aliphatic carboxylic acids is 2. The molecule has 3 N–H and O–H groups in total. The van der Waals surface area contributed by atoms with E-state index in [4.69, 9.17) is 15.3 Å². The van der Waals surface area contributed by atoms with Gasteiger partial charge in [0.2, 0.25) is 6.10 Å². The molecule has 0 atom stereocenters. The monoisotopic (exact) mass is 200 g/mol. The molecule has 0 aliphatic rings. The molecule has 0 aromatic heterocycles. The first-order valence-electron chi connectivity index (χ1n) is 1.69. The molecule has 0 fully saturated rings. The third kappa shape index (κ3) is 8.27. The van der Waals surface area contributed by atoms with Crippen molar-refractivity contribution in [1.29, 1.82) is 0 Å². The van der Waals surface area contributed by atoms with Gasteiger partial charge in [0, 0.05) is 0 Å². The number of carboxylic acids is 2. The zero-order valence-corrected chi connectivity index (χ0v) is 12.0. The average Bonchev–Trinajstić information content (AvgIpc) is 1.64. The number of hydrogen-bond donors (Lipinski definition) is 3. The van der Waals surface area contributed by atoms with Crippen LogP contribution < -0.4 is 103 Å². The van der Waals surface area contributed by atoms with Crippen LogP contribution in [0, 0.1) is 0 Å². The molecule has 0 heterocycles. The average molecular weight is 200 g/mol. The molecule has 7 heteroatoms. The van der Waals surface area contributed by atoms with Crippen LogP contribution in [-0.2, 0) is 9.59 Å². The van der Waals surface area contributed by atoms with Gasteiger partial charge in [-0.2, -0.15) is 0 Å². The second kappa shape index (κ2) is 9.26. The molecule has 0 amide bonds. The summed E-state index contributed by atoms with van der Waals surface area (Å²) in [5.41, 5.74) is 0. The first-order chi connectivity index (χ1) is 3.55. The number of aliphatic hydroxyl groups excluding tert-OH is 1. The fourth-order valence-corrected chi connectivity index (χ4v) is 0.106. The first-order valence-corrected chi connectivity index (χ1v) is 1.69. The van der Waals surface area contributed by atoms with Crippen LogP contribution in [0.2, 0.25) is 0 Å². The Bertz CT molecular complexity index is 118. The van der Waals surface area contributed by atoms with E-state index in [1.165, 1.54) is 0 Å². The SMILES string of the molecule is O=C(O)C(O)C(=O)O.[H-].[H-].[K+].[K+]. The van der Waals surface area contributed by atoms with Crippen molar-refractivity contribution in [2.45, 2.75) is 6.10 Å². The minimum atomic E-state index is -2.30. The summed E-state index contributed by atoms with van der Waals surface area (Å²) in [7, 11) is 0. The van der Waals surface area contributed by atoms with Crippen LogP contribution in [0.15, 0.2) is 0 Å². The Hall–Kier alpha value is 2.17. The Kier molecular flexibility index (Phi) is 16.7. The van der Waals surface area contributed by atoms with E-state index in [1.807, 2.05) is 0 Å². The minimum absolute atomic E-state index is 0. The molecule has 5 nitrogen and oxygen atoms in total. The van der Waals surface area contributed by atoms with Crippen LogP contribution >= 0.6 is 0 Å². The predicted octanol–water partition coefficient (Wildman–Crippen LogP) is -7.25. The fourth-order valence-electron chi connectivity index (χ4n) is 0.106. The summed E-state index contributed by atoms with van der Waals surface area (Å²) < 4.78 is 0. The number of rotatable bonds is 2. The van der Waals surface area contributed by atoms with Crippen LogP contribution in [-0.4, -0.2) is 33.4 Å². The van der Waals surface area contributed by atoms with Crippen LogP contribution in [0.3, 0.4) is 0 Å². The smallest absolute Gasteiger partial charge is 1.00 e. The molecule has 0 aliphatic heterocycles. The van der Waals surface area contributed by atoms with Crippen LogP contribution in [0.5, 0.6) is 0 Å². The fraction of sp³-hybridized carbons (Fsp3) is 0.333. The number of carboxylic acid groups (broad SMARTS) is 2. The molecule has 0 saturated carbocycles. The second-order valence-electron chi connectivity index (χ2n) is 1.08. The van der Waals surface area contributed by atoms with Crippen LogP contribution in [0.25, 0.3) is 0 Å². The number of aliphatic hydroxyl groups is 1. The van der Waals surface area contributed by atoms with Gasteiger partial charge < -0.3 is 18.2 Å².